The van der Waals surface area contributed by atoms with Crippen LogP contribution in [0.25, 0.3) is 0 Å². The van der Waals surface area contributed by atoms with Crippen molar-refractivity contribution in [2.45, 2.75) is 56.5 Å². The van der Waals surface area contributed by atoms with Crippen molar-refractivity contribution < 1.29 is 4.79 Å². The number of rotatable bonds is 6. The van der Waals surface area contributed by atoms with E-state index in [1.54, 1.807) is 0 Å². The lowest BCUT2D eigenvalue weighted by atomic mass is 10.0. The summed E-state index contributed by atoms with van der Waals surface area (Å²) >= 11 is 1.47. The topological polar surface area (TPSA) is 71.8 Å². The molecule has 2 atom stereocenters. The SMILES string of the molecule is CCCc1nnc2n1N[C@H](c1ccc(C)cc1)[C@H](C(=O)Nc1ccccc1CC)S2. The Morgan fingerprint density at radius 2 is 1.90 bits per heavy atom. The summed E-state index contributed by atoms with van der Waals surface area (Å²) < 4.78 is 1.95. The van der Waals surface area contributed by atoms with Gasteiger partial charge in [-0.3, -0.25) is 4.79 Å². The van der Waals surface area contributed by atoms with Crippen molar-refractivity contribution >= 4 is 23.4 Å². The van der Waals surface area contributed by atoms with E-state index in [1.807, 2.05) is 28.9 Å². The van der Waals surface area contributed by atoms with Crippen molar-refractivity contribution in [3.63, 3.8) is 0 Å². The second-order valence-corrected chi connectivity index (χ2v) is 8.65. The van der Waals surface area contributed by atoms with E-state index in [1.165, 1.54) is 17.3 Å². The number of carbonyl (C=O) groups is 1. The van der Waals surface area contributed by atoms with Crippen molar-refractivity contribution in [1.82, 2.24) is 14.9 Å². The van der Waals surface area contributed by atoms with Crippen LogP contribution in [0.4, 0.5) is 5.69 Å². The van der Waals surface area contributed by atoms with Crippen LogP contribution in [0.1, 0.15) is 48.8 Å². The van der Waals surface area contributed by atoms with Gasteiger partial charge < -0.3 is 10.7 Å². The van der Waals surface area contributed by atoms with Crippen LogP contribution >= 0.6 is 11.8 Å². The van der Waals surface area contributed by atoms with Crippen LogP contribution in [0, 0.1) is 6.92 Å². The van der Waals surface area contributed by atoms with Crippen molar-refractivity contribution in [3.05, 3.63) is 71.0 Å². The average molecular weight is 422 g/mol. The molecule has 1 aliphatic heterocycles. The monoisotopic (exact) mass is 421 g/mol. The molecule has 4 rings (SSSR count). The highest BCUT2D eigenvalue weighted by Crippen LogP contribution is 2.38. The number of carbonyl (C=O) groups excluding carboxylic acids is 1. The van der Waals surface area contributed by atoms with Gasteiger partial charge in [0, 0.05) is 12.1 Å². The number of anilines is 1. The lowest BCUT2D eigenvalue weighted by molar-refractivity contribution is -0.116. The quantitative estimate of drug-likeness (QED) is 0.613. The maximum atomic E-state index is 13.4. The molecule has 1 aromatic heterocycles. The predicted octanol–water partition coefficient (Wildman–Crippen LogP) is 4.50. The summed E-state index contributed by atoms with van der Waals surface area (Å²) in [7, 11) is 0. The number of aromatic nitrogens is 3. The van der Waals surface area contributed by atoms with Gasteiger partial charge in [-0.25, -0.2) is 4.68 Å². The van der Waals surface area contributed by atoms with Crippen LogP contribution in [-0.2, 0) is 17.6 Å². The molecule has 6 nitrogen and oxygen atoms in total. The number of aryl methyl sites for hydroxylation is 3. The highest BCUT2D eigenvalue weighted by molar-refractivity contribution is 8.00. The molecule has 0 aliphatic carbocycles. The molecule has 30 heavy (non-hydrogen) atoms. The van der Waals surface area contributed by atoms with Crippen molar-refractivity contribution in [3.8, 4) is 0 Å². The average Bonchev–Trinajstić information content (AvgIpc) is 3.16. The molecule has 0 saturated carbocycles. The largest absolute Gasteiger partial charge is 0.325 e. The van der Waals surface area contributed by atoms with Crippen LogP contribution in [0.5, 0.6) is 0 Å². The molecule has 1 amide bonds. The molecule has 7 heteroatoms. The van der Waals surface area contributed by atoms with Gasteiger partial charge in [0.1, 0.15) is 5.25 Å². The number of nitrogens with zero attached hydrogens (tertiary/aromatic N) is 3. The molecule has 2 aromatic carbocycles. The molecule has 0 saturated heterocycles. The van der Waals surface area contributed by atoms with Gasteiger partial charge in [-0.1, -0.05) is 73.6 Å². The number of fused-ring (bicyclic) bond motifs is 1. The van der Waals surface area contributed by atoms with Crippen LogP contribution in [-0.4, -0.2) is 26.0 Å². The zero-order chi connectivity index (χ0) is 21.1. The molecule has 3 aromatic rings. The normalized spacial score (nSPS) is 17.8. The Kier molecular flexibility index (Phi) is 6.08. The maximum absolute atomic E-state index is 13.4. The molecule has 0 unspecified atom stereocenters. The van der Waals surface area contributed by atoms with Crippen molar-refractivity contribution in [1.29, 1.82) is 0 Å². The zero-order valence-electron chi connectivity index (χ0n) is 17.6. The Balaban J connectivity index is 1.67. The van der Waals surface area contributed by atoms with Gasteiger partial charge in [0.15, 0.2) is 5.82 Å². The fourth-order valence-corrected chi connectivity index (χ4v) is 4.76. The summed E-state index contributed by atoms with van der Waals surface area (Å²) in [6.45, 7) is 6.28. The van der Waals surface area contributed by atoms with Crippen LogP contribution in [0.15, 0.2) is 53.7 Å². The van der Waals surface area contributed by atoms with Crippen molar-refractivity contribution in [2.24, 2.45) is 0 Å². The third-order valence-corrected chi connectivity index (χ3v) is 6.54. The first-order chi connectivity index (χ1) is 14.6. The second kappa shape index (κ2) is 8.92. The van der Waals surface area contributed by atoms with Gasteiger partial charge in [-0.05, 0) is 37.0 Å². The van der Waals surface area contributed by atoms with Gasteiger partial charge in [-0.2, -0.15) is 0 Å². The smallest absolute Gasteiger partial charge is 0.240 e. The molecule has 0 bridgehead atoms. The number of amides is 1. The van der Waals surface area contributed by atoms with E-state index < -0.39 is 0 Å². The third kappa shape index (κ3) is 4.07. The number of hydrogen-bond acceptors (Lipinski definition) is 5. The minimum Gasteiger partial charge on any atom is -0.325 e. The lowest BCUT2D eigenvalue weighted by Crippen LogP contribution is -2.41. The molecule has 156 valence electrons. The Bertz CT molecular complexity index is 1030. The number of benzene rings is 2. The van der Waals surface area contributed by atoms with Crippen LogP contribution in [0.2, 0.25) is 0 Å². The third-order valence-electron chi connectivity index (χ3n) is 5.33. The Morgan fingerprint density at radius 3 is 2.63 bits per heavy atom. The van der Waals surface area contributed by atoms with E-state index in [0.29, 0.717) is 0 Å². The predicted molar refractivity (Wildman–Crippen MR) is 121 cm³/mol. The van der Waals surface area contributed by atoms with E-state index in [4.69, 9.17) is 0 Å². The standard InChI is InChI=1S/C23H27N5OS/c1-4-8-19-25-26-23-28(19)27-20(17-13-11-15(3)12-14-17)21(30-23)22(29)24-18-10-7-6-9-16(18)5-2/h6-7,9-14,20-21,27H,4-5,8H2,1-3H3,(H,24,29)/t20-,21-/m1/s1. The van der Waals surface area contributed by atoms with E-state index in [2.05, 4.69) is 66.0 Å². The van der Waals surface area contributed by atoms with Gasteiger partial charge in [0.05, 0.1) is 6.04 Å². The van der Waals surface area contributed by atoms with E-state index in [9.17, 15) is 4.79 Å². The highest BCUT2D eigenvalue weighted by Gasteiger charge is 2.37. The van der Waals surface area contributed by atoms with Gasteiger partial charge >= 0.3 is 0 Å². The number of thioether (sulfide) groups is 1. The molecule has 0 fully saturated rings. The number of nitrogens with one attached hydrogen (secondary N) is 2. The van der Waals surface area contributed by atoms with Gasteiger partial charge in [0.25, 0.3) is 0 Å². The highest BCUT2D eigenvalue weighted by atomic mass is 32.2. The molecule has 0 radical (unpaired) electrons. The van der Waals surface area contributed by atoms with Crippen LogP contribution in [0.3, 0.4) is 0 Å². The number of hydrogen-bond donors (Lipinski definition) is 2. The van der Waals surface area contributed by atoms with Gasteiger partial charge in [-0.15, -0.1) is 10.2 Å². The first-order valence-corrected chi connectivity index (χ1v) is 11.3. The van der Waals surface area contributed by atoms with Crippen molar-refractivity contribution in [2.75, 3.05) is 10.7 Å². The molecule has 1 aliphatic rings. The zero-order valence-corrected chi connectivity index (χ0v) is 18.4. The Morgan fingerprint density at radius 1 is 1.13 bits per heavy atom. The fourth-order valence-electron chi connectivity index (χ4n) is 3.66. The first-order valence-electron chi connectivity index (χ1n) is 10.4. The second-order valence-electron chi connectivity index (χ2n) is 7.54. The summed E-state index contributed by atoms with van der Waals surface area (Å²) in [6.07, 6.45) is 2.68. The van der Waals surface area contributed by atoms with E-state index >= 15 is 0 Å². The fraction of sp³-hybridized carbons (Fsp3) is 0.348. The summed E-state index contributed by atoms with van der Waals surface area (Å²) in [5.74, 6) is 0.859. The van der Waals surface area contributed by atoms with E-state index in [0.717, 1.165) is 47.1 Å². The summed E-state index contributed by atoms with van der Waals surface area (Å²) in [6, 6.07) is 16.1. The molecular weight excluding hydrogens is 394 g/mol. The minimum absolute atomic E-state index is 0.0368. The minimum atomic E-state index is -0.371. The molecule has 0 spiro atoms. The Labute approximate surface area is 181 Å². The summed E-state index contributed by atoms with van der Waals surface area (Å²) in [5, 5.41) is 12.2. The maximum Gasteiger partial charge on any atom is 0.240 e. The summed E-state index contributed by atoms with van der Waals surface area (Å²) in [5.41, 5.74) is 7.77. The molecule has 2 N–H and O–H groups in total. The van der Waals surface area contributed by atoms with Crippen LogP contribution < -0.4 is 10.7 Å². The number of para-hydroxylation sites is 1. The lowest BCUT2D eigenvalue weighted by Gasteiger charge is -2.33. The Hall–Kier alpha value is -2.80. The summed E-state index contributed by atoms with van der Waals surface area (Å²) in [4.78, 5) is 13.4. The van der Waals surface area contributed by atoms with Gasteiger partial charge in [0.2, 0.25) is 11.1 Å². The molecular formula is C23H27N5OS. The first kappa shape index (κ1) is 20.5. The van der Waals surface area contributed by atoms with E-state index in [-0.39, 0.29) is 17.2 Å². The molecule has 2 heterocycles.